The van der Waals surface area contributed by atoms with Crippen LogP contribution >= 0.6 is 12.6 Å². The number of carbonyl (C=O) groups is 3. The zero-order chi connectivity index (χ0) is 55.6. The second-order valence-corrected chi connectivity index (χ2v) is 19.7. The summed E-state index contributed by atoms with van der Waals surface area (Å²) in [5, 5.41) is 165. The number of aliphatic carboxylic acids is 1. The minimum absolute atomic E-state index is 0.0254. The molecule has 16 N–H and O–H groups in total. The van der Waals surface area contributed by atoms with Gasteiger partial charge in [-0.1, -0.05) is 6.92 Å². The minimum atomic E-state index is -3.00. The Hall–Kier alpha value is -2.04. The fraction of sp³-hybridized carbons (Fsp3) is 0.932. The van der Waals surface area contributed by atoms with Crippen LogP contribution in [0.3, 0.4) is 0 Å². The Morgan fingerprint density at radius 3 is 1.89 bits per heavy atom. The molecular formula is C44H76N2O28S. The van der Waals surface area contributed by atoms with Crippen LogP contribution in [0.4, 0.5) is 0 Å². The summed E-state index contributed by atoms with van der Waals surface area (Å²) in [5.74, 6) is -6.25. The molecule has 9 unspecified atom stereocenters. The SMILES string of the molecule is CC(=O)NC1[C@H](O[C@@H]2CC(O)[C@H](O[C@@H]3C(CO)O[C@@H](N(C)OCCCC(=O)CCCS)C(O)[C@H]3O)OC2CO)OC(CO)[C@H](O)[C@@H]1O[C@@H]1OC(CO)[C@H](O)[C@H](O[C@]2(C(=O)O)CC(O)[C@@H](C)[C@H]([C@@H](O)[C@H](O)CO)O2)C1O. The third-order valence-corrected chi connectivity index (χ3v) is 14.2. The first-order chi connectivity index (χ1) is 35.5. The lowest BCUT2D eigenvalue weighted by Gasteiger charge is -2.51. The van der Waals surface area contributed by atoms with E-state index >= 15 is 0 Å². The van der Waals surface area contributed by atoms with Crippen LogP contribution in [-0.2, 0) is 61.9 Å². The van der Waals surface area contributed by atoms with Crippen molar-refractivity contribution >= 4 is 30.3 Å². The van der Waals surface area contributed by atoms with Crippen molar-refractivity contribution in [1.82, 2.24) is 10.4 Å². The van der Waals surface area contributed by atoms with Crippen LogP contribution < -0.4 is 5.32 Å². The fourth-order valence-corrected chi connectivity index (χ4v) is 9.69. The number of ketones is 1. The molecule has 0 aliphatic carbocycles. The predicted octanol–water partition coefficient (Wildman–Crippen LogP) is -8.34. The van der Waals surface area contributed by atoms with Gasteiger partial charge in [-0.15, -0.1) is 0 Å². The van der Waals surface area contributed by atoms with Gasteiger partial charge in [-0.05, 0) is 18.6 Å². The van der Waals surface area contributed by atoms with Crippen molar-refractivity contribution in [1.29, 1.82) is 0 Å². The van der Waals surface area contributed by atoms with E-state index in [1.54, 1.807) is 0 Å². The van der Waals surface area contributed by atoms with Gasteiger partial charge in [-0.3, -0.25) is 14.4 Å². The molecule has 75 heavy (non-hydrogen) atoms. The molecule has 0 aromatic carbocycles. The van der Waals surface area contributed by atoms with E-state index in [1.165, 1.54) is 14.0 Å². The van der Waals surface area contributed by atoms with Crippen LogP contribution in [0.2, 0.25) is 0 Å². The number of aliphatic hydroxyl groups is 14. The Labute approximate surface area is 435 Å². The van der Waals surface area contributed by atoms with Gasteiger partial charge in [0.2, 0.25) is 5.91 Å². The van der Waals surface area contributed by atoms with E-state index in [4.69, 9.17) is 47.5 Å². The van der Waals surface area contributed by atoms with E-state index in [1.807, 2.05) is 0 Å². The Bertz CT molecular complexity index is 1780. The molecule has 5 aliphatic rings. The first-order valence-corrected chi connectivity index (χ1v) is 25.2. The van der Waals surface area contributed by atoms with E-state index in [-0.39, 0.29) is 18.8 Å². The van der Waals surface area contributed by atoms with E-state index in [0.29, 0.717) is 25.0 Å². The lowest BCUT2D eigenvalue weighted by Crippen LogP contribution is -2.70. The largest absolute Gasteiger partial charge is 0.477 e. The summed E-state index contributed by atoms with van der Waals surface area (Å²) in [7, 11) is 1.40. The van der Waals surface area contributed by atoms with Gasteiger partial charge < -0.3 is 125 Å². The molecule has 5 fully saturated rings. The van der Waals surface area contributed by atoms with E-state index < -0.39 is 210 Å². The van der Waals surface area contributed by atoms with Crippen molar-refractivity contribution in [3.8, 4) is 0 Å². The smallest absolute Gasteiger partial charge is 0.364 e. The van der Waals surface area contributed by atoms with Gasteiger partial charge in [0, 0.05) is 45.6 Å². The minimum Gasteiger partial charge on any atom is -0.477 e. The van der Waals surface area contributed by atoms with Gasteiger partial charge in [-0.25, -0.2) is 4.79 Å². The molecule has 1 amide bonds. The van der Waals surface area contributed by atoms with Crippen LogP contribution in [0.15, 0.2) is 0 Å². The lowest BCUT2D eigenvalue weighted by molar-refractivity contribution is -0.386. The Kier molecular flexibility index (Phi) is 24.6. The van der Waals surface area contributed by atoms with Gasteiger partial charge in [0.1, 0.15) is 103 Å². The van der Waals surface area contributed by atoms with Crippen molar-refractivity contribution in [2.75, 3.05) is 52.4 Å². The topological polar surface area (TPSA) is 462 Å². The molecule has 0 spiro atoms. The number of hydrogen-bond acceptors (Lipinski definition) is 29. The highest BCUT2D eigenvalue weighted by Gasteiger charge is 2.60. The molecule has 0 aromatic rings. The van der Waals surface area contributed by atoms with Gasteiger partial charge in [0.05, 0.1) is 58.0 Å². The first-order valence-electron chi connectivity index (χ1n) is 24.6. The summed E-state index contributed by atoms with van der Waals surface area (Å²) in [4.78, 5) is 43.3. The number of carboxylic acid groups (broad SMARTS) is 1. The molecule has 0 saturated carbocycles. The molecule has 436 valence electrons. The molecule has 0 radical (unpaired) electrons. The van der Waals surface area contributed by atoms with Crippen molar-refractivity contribution < 1.29 is 138 Å². The second-order valence-electron chi connectivity index (χ2n) is 19.2. The maximum Gasteiger partial charge on any atom is 0.364 e. The summed E-state index contributed by atoms with van der Waals surface area (Å²) < 4.78 is 52.7. The Morgan fingerprint density at radius 2 is 1.31 bits per heavy atom. The number of carbonyl (C=O) groups excluding carboxylic acids is 2. The molecule has 30 nitrogen and oxygen atoms in total. The maximum absolute atomic E-state index is 12.9. The van der Waals surface area contributed by atoms with Crippen LogP contribution in [0.1, 0.15) is 52.4 Å². The Balaban J connectivity index is 1.31. The molecule has 0 bridgehead atoms. The zero-order valence-electron chi connectivity index (χ0n) is 41.5. The predicted molar refractivity (Wildman–Crippen MR) is 246 cm³/mol. The van der Waals surface area contributed by atoms with Gasteiger partial charge in [-0.2, -0.15) is 17.7 Å². The number of rotatable bonds is 26. The van der Waals surface area contributed by atoms with Crippen LogP contribution in [-0.4, -0.2) is 299 Å². The highest BCUT2D eigenvalue weighted by atomic mass is 32.1. The highest BCUT2D eigenvalue weighted by molar-refractivity contribution is 7.80. The summed E-state index contributed by atoms with van der Waals surface area (Å²) in [6.07, 6.45) is -38.7. The number of hydroxylamine groups is 2. The zero-order valence-corrected chi connectivity index (χ0v) is 42.4. The van der Waals surface area contributed by atoms with Gasteiger partial charge in [0.25, 0.3) is 5.79 Å². The van der Waals surface area contributed by atoms with Crippen LogP contribution in [0.25, 0.3) is 0 Å². The Morgan fingerprint density at radius 1 is 0.720 bits per heavy atom. The number of ether oxygens (including phenoxy) is 9. The number of Topliss-reactive ketones (excluding diaryl/α,β-unsaturated/α-hetero) is 1. The molecule has 5 saturated heterocycles. The molecular weight excluding hydrogens is 1040 g/mol. The molecule has 5 heterocycles. The lowest BCUT2D eigenvalue weighted by atomic mass is 9.84. The average molecular weight is 1110 g/mol. The summed E-state index contributed by atoms with van der Waals surface area (Å²) in [6, 6.07) is -1.67. The normalized spacial score (nSPS) is 42.5. The van der Waals surface area contributed by atoms with Gasteiger partial charge in [0.15, 0.2) is 25.1 Å². The number of carboxylic acids is 1. The first kappa shape index (κ1) is 63.8. The molecule has 0 aromatic heterocycles. The molecule has 31 heteroatoms. The monoisotopic (exact) mass is 1110 g/mol. The fourth-order valence-electron chi connectivity index (χ4n) is 9.53. The van der Waals surface area contributed by atoms with Crippen molar-refractivity contribution in [3.63, 3.8) is 0 Å². The number of nitrogens with zero attached hydrogens (tertiary/aromatic N) is 1. The number of thiol groups is 1. The standard InChI is InChI=1S/C44H76N2O28S/c1-17-21(55)11-44(43(63)64,73-35(17)29(57)22(56)12-47)74-38-31(59)26(15-50)70-42(34(38)62)72-37-28(45-18(2)52)41(69-25(14-49)30(37)58)67-23-10-20(54)40(68-24(23)13-48)71-36-27(16-51)66-39(33(61)32(36)60)46(3)65-8-4-6-19(53)7-5-9-75/h17,20-42,47-51,54-62,75H,4-16H2,1-3H3,(H,45,52)(H,63,64)/t17-,20?,21?,22-,23-,24?,25?,26?,27?,28?,29+,30+,31+,32-,33?,34?,35-,36-,37-,38+,39-,40+,41-,42+,44+/m1/s1. The van der Waals surface area contributed by atoms with Gasteiger partial charge >= 0.3 is 5.97 Å². The van der Waals surface area contributed by atoms with Crippen LogP contribution in [0.5, 0.6) is 0 Å². The summed E-state index contributed by atoms with van der Waals surface area (Å²) in [5.41, 5.74) is 0. The number of likely N-dealkylation sites (N-methyl/N-ethyl adjacent to an activating group) is 1. The summed E-state index contributed by atoms with van der Waals surface area (Å²) in [6.45, 7) is -2.21. The van der Waals surface area contributed by atoms with Crippen LogP contribution in [0, 0.1) is 5.92 Å². The second kappa shape index (κ2) is 28.9. The number of amides is 1. The van der Waals surface area contributed by atoms with Crippen molar-refractivity contribution in [2.24, 2.45) is 5.92 Å². The quantitative estimate of drug-likeness (QED) is 0.0217. The third-order valence-electron chi connectivity index (χ3n) is 13.8. The number of hydrogen-bond donors (Lipinski definition) is 17. The van der Waals surface area contributed by atoms with Crippen molar-refractivity contribution in [2.45, 2.75) is 199 Å². The number of nitrogens with one attached hydrogen (secondary N) is 1. The number of aliphatic hydroxyl groups excluding tert-OH is 14. The molecule has 5 rings (SSSR count). The van der Waals surface area contributed by atoms with E-state index in [2.05, 4.69) is 17.9 Å². The third kappa shape index (κ3) is 15.3. The molecule has 5 aliphatic heterocycles. The molecule has 25 atom stereocenters. The highest BCUT2D eigenvalue weighted by Crippen LogP contribution is 2.41. The van der Waals surface area contributed by atoms with E-state index in [0.717, 1.165) is 12.0 Å². The van der Waals surface area contributed by atoms with E-state index in [9.17, 15) is 91.0 Å². The average Bonchev–Trinajstić information content (AvgIpc) is 3.38. The maximum atomic E-state index is 12.9. The van der Waals surface area contributed by atoms with Crippen molar-refractivity contribution in [3.05, 3.63) is 0 Å². The summed E-state index contributed by atoms with van der Waals surface area (Å²) >= 11 is 4.10.